The van der Waals surface area contributed by atoms with Gasteiger partial charge in [0.05, 0.1) is 26.9 Å². The topological polar surface area (TPSA) is 128 Å². The molecule has 2 N–H and O–H groups in total. The van der Waals surface area contributed by atoms with Crippen molar-refractivity contribution in [1.29, 1.82) is 0 Å². The first-order chi connectivity index (χ1) is 19.3. The molecule has 2 heterocycles. The van der Waals surface area contributed by atoms with Gasteiger partial charge in [-0.1, -0.05) is 49.2 Å². The zero-order chi connectivity index (χ0) is 28.2. The Morgan fingerprint density at radius 3 is 2.52 bits per heavy atom. The number of nitro benzene ring substituents is 1. The summed E-state index contributed by atoms with van der Waals surface area (Å²) >= 11 is 11.8. The van der Waals surface area contributed by atoms with E-state index >= 15 is 0 Å². The highest BCUT2D eigenvalue weighted by atomic mass is 35.5. The fraction of sp³-hybridized carbons (Fsp3) is 0.143. The van der Waals surface area contributed by atoms with Crippen molar-refractivity contribution in [2.45, 2.75) is 26.2 Å². The van der Waals surface area contributed by atoms with Gasteiger partial charge in [-0.2, -0.15) is 4.80 Å². The molecule has 12 heteroatoms. The lowest BCUT2D eigenvalue weighted by molar-refractivity contribution is -0.384. The molecule has 0 aliphatic rings. The highest BCUT2D eigenvalue weighted by Crippen LogP contribution is 2.31. The van der Waals surface area contributed by atoms with Crippen LogP contribution in [0.4, 0.5) is 11.4 Å². The Morgan fingerprint density at radius 2 is 1.80 bits per heavy atom. The molecule has 202 valence electrons. The van der Waals surface area contributed by atoms with Crippen molar-refractivity contribution in [2.24, 2.45) is 0 Å². The molecule has 0 aliphatic heterocycles. The first kappa shape index (κ1) is 27.0. The predicted octanol–water partition coefficient (Wildman–Crippen LogP) is 6.71. The van der Waals surface area contributed by atoms with Crippen LogP contribution in [0.5, 0.6) is 0 Å². The third-order valence-electron chi connectivity index (χ3n) is 6.13. The number of anilines is 1. The lowest BCUT2D eigenvalue weighted by atomic mass is 10.1. The zero-order valence-electron chi connectivity index (χ0n) is 21.3. The van der Waals surface area contributed by atoms with Crippen molar-refractivity contribution < 1.29 is 14.1 Å². The molecule has 2 aromatic heterocycles. The van der Waals surface area contributed by atoms with E-state index in [2.05, 4.69) is 39.9 Å². The molecule has 40 heavy (non-hydrogen) atoms. The maximum Gasteiger partial charge on any atom is 0.293 e. The predicted molar refractivity (Wildman–Crippen MR) is 157 cm³/mol. The van der Waals surface area contributed by atoms with Crippen molar-refractivity contribution in [3.8, 4) is 17.0 Å². The van der Waals surface area contributed by atoms with Crippen LogP contribution in [0.3, 0.4) is 0 Å². The Morgan fingerprint density at radius 1 is 1.07 bits per heavy atom. The van der Waals surface area contributed by atoms with Gasteiger partial charge >= 0.3 is 0 Å². The molecule has 0 aliphatic carbocycles. The fourth-order valence-electron chi connectivity index (χ4n) is 4.09. The van der Waals surface area contributed by atoms with Crippen LogP contribution in [-0.2, 0) is 6.42 Å². The number of amides is 1. The van der Waals surface area contributed by atoms with Crippen LogP contribution >= 0.6 is 23.8 Å². The molecule has 0 atom stereocenters. The summed E-state index contributed by atoms with van der Waals surface area (Å²) in [7, 11) is 0. The normalized spacial score (nSPS) is 10.9. The summed E-state index contributed by atoms with van der Waals surface area (Å²) in [6.07, 6.45) is 3.31. The minimum Gasteiger partial charge on any atom is -0.451 e. The number of halogens is 1. The van der Waals surface area contributed by atoms with Gasteiger partial charge in [0.25, 0.3) is 11.6 Å². The molecule has 5 rings (SSSR count). The average Bonchev–Trinajstić information content (AvgIpc) is 3.60. The number of nitrogens with zero attached hydrogens (tertiary/aromatic N) is 4. The number of fused-ring (bicyclic) bond motifs is 1. The van der Waals surface area contributed by atoms with Gasteiger partial charge in [-0.25, -0.2) is 0 Å². The number of carbonyl (C=O) groups is 1. The summed E-state index contributed by atoms with van der Waals surface area (Å²) in [6.45, 7) is 2.17. The molecule has 0 fully saturated rings. The molecule has 3 aromatic carbocycles. The van der Waals surface area contributed by atoms with Crippen LogP contribution in [0.2, 0.25) is 5.02 Å². The Bertz CT molecular complexity index is 1730. The summed E-state index contributed by atoms with van der Waals surface area (Å²) < 4.78 is 5.58. The molecule has 0 bridgehead atoms. The van der Waals surface area contributed by atoms with Crippen molar-refractivity contribution in [2.75, 3.05) is 5.32 Å². The van der Waals surface area contributed by atoms with E-state index in [1.54, 1.807) is 35.1 Å². The molecule has 0 radical (unpaired) electrons. The number of benzene rings is 3. The number of para-hydroxylation sites is 1. The molecule has 0 saturated carbocycles. The quantitative estimate of drug-likeness (QED) is 0.119. The highest BCUT2D eigenvalue weighted by molar-refractivity contribution is 7.80. The van der Waals surface area contributed by atoms with Gasteiger partial charge in [-0.15, -0.1) is 10.2 Å². The van der Waals surface area contributed by atoms with E-state index < -0.39 is 10.8 Å². The standard InChI is InChI=1S/C28H23ClN6O4S/c1-2-3-6-17-9-11-18(12-10-17)34-32-22-15-20(29)21(16-23(22)33-34)30-28(40)31-27(36)26-14-13-25(39-26)19-7-4-5-8-24(19)35(37)38/h4-5,7-16H,2-3,6H2,1H3,(H2,30,31,36,40). The molecule has 10 nitrogen and oxygen atoms in total. The Hall–Kier alpha value is -4.61. The summed E-state index contributed by atoms with van der Waals surface area (Å²) in [6, 6.07) is 20.5. The van der Waals surface area contributed by atoms with E-state index in [1.807, 2.05) is 12.1 Å². The van der Waals surface area contributed by atoms with Crippen molar-refractivity contribution in [3.05, 3.63) is 99.3 Å². The number of thiocarbonyl (C=S) groups is 1. The van der Waals surface area contributed by atoms with Crippen LogP contribution < -0.4 is 10.6 Å². The SMILES string of the molecule is CCCCc1ccc(-n2nc3cc(Cl)c(NC(=S)NC(=O)c4ccc(-c5ccccc5[N+](=O)[O-])o4)cc3n2)cc1. The second-order valence-electron chi connectivity index (χ2n) is 8.93. The monoisotopic (exact) mass is 574 g/mol. The zero-order valence-corrected chi connectivity index (χ0v) is 22.8. The number of aromatic nitrogens is 3. The number of unbranched alkanes of at least 4 members (excludes halogenated alkanes) is 1. The molecular weight excluding hydrogens is 552 g/mol. The molecule has 0 saturated heterocycles. The maximum atomic E-state index is 12.7. The van der Waals surface area contributed by atoms with Gasteiger partial charge in [-0.3, -0.25) is 20.2 Å². The average molecular weight is 575 g/mol. The third kappa shape index (κ3) is 5.85. The largest absolute Gasteiger partial charge is 0.451 e. The molecule has 0 unspecified atom stereocenters. The number of nitrogens with one attached hydrogen (secondary N) is 2. The first-order valence-electron chi connectivity index (χ1n) is 12.4. The first-order valence-corrected chi connectivity index (χ1v) is 13.2. The summed E-state index contributed by atoms with van der Waals surface area (Å²) in [5.74, 6) is -0.515. The Balaban J connectivity index is 1.28. The Kier molecular flexibility index (Phi) is 7.85. The molecule has 1 amide bonds. The van der Waals surface area contributed by atoms with E-state index in [0.29, 0.717) is 21.7 Å². The number of hydrogen-bond donors (Lipinski definition) is 2. The van der Waals surface area contributed by atoms with Gasteiger partial charge in [0, 0.05) is 6.07 Å². The van der Waals surface area contributed by atoms with E-state index in [1.165, 1.54) is 23.8 Å². The number of carbonyl (C=O) groups excluding carboxylic acids is 1. The number of nitro groups is 1. The second-order valence-corrected chi connectivity index (χ2v) is 9.74. The van der Waals surface area contributed by atoms with Crippen LogP contribution in [0.15, 0.2) is 77.2 Å². The van der Waals surface area contributed by atoms with Gasteiger partial charge in [0.15, 0.2) is 10.9 Å². The van der Waals surface area contributed by atoms with Crippen molar-refractivity contribution in [1.82, 2.24) is 20.3 Å². The van der Waals surface area contributed by atoms with Gasteiger partial charge in [0.1, 0.15) is 16.8 Å². The van der Waals surface area contributed by atoms with Gasteiger partial charge in [-0.05, 0) is 73.1 Å². The molecule has 5 aromatic rings. The van der Waals surface area contributed by atoms with Crippen LogP contribution in [0.1, 0.15) is 35.9 Å². The van der Waals surface area contributed by atoms with E-state index in [4.69, 9.17) is 28.2 Å². The Labute approximate surface area is 239 Å². The van der Waals surface area contributed by atoms with Crippen LogP contribution in [0.25, 0.3) is 28.0 Å². The number of furan rings is 1. The van der Waals surface area contributed by atoms with Gasteiger partial charge in [0.2, 0.25) is 0 Å². The van der Waals surface area contributed by atoms with E-state index in [-0.39, 0.29) is 27.9 Å². The van der Waals surface area contributed by atoms with E-state index in [0.717, 1.165) is 24.9 Å². The van der Waals surface area contributed by atoms with E-state index in [9.17, 15) is 14.9 Å². The second kappa shape index (κ2) is 11.6. The lowest BCUT2D eigenvalue weighted by Crippen LogP contribution is -2.33. The smallest absolute Gasteiger partial charge is 0.293 e. The van der Waals surface area contributed by atoms with Crippen molar-refractivity contribution >= 4 is 57.2 Å². The summed E-state index contributed by atoms with van der Waals surface area (Å²) in [4.78, 5) is 25.1. The van der Waals surface area contributed by atoms with Crippen LogP contribution in [-0.4, -0.2) is 30.9 Å². The minimum atomic E-state index is -0.632. The maximum absolute atomic E-state index is 12.7. The fourth-order valence-corrected chi connectivity index (χ4v) is 4.50. The highest BCUT2D eigenvalue weighted by Gasteiger charge is 2.20. The van der Waals surface area contributed by atoms with Crippen LogP contribution in [0, 0.1) is 10.1 Å². The minimum absolute atomic E-state index is 0.0232. The molecule has 0 spiro atoms. The van der Waals surface area contributed by atoms with Gasteiger partial charge < -0.3 is 9.73 Å². The number of rotatable bonds is 8. The number of hydrogen-bond acceptors (Lipinski definition) is 7. The van der Waals surface area contributed by atoms with Crippen molar-refractivity contribution in [3.63, 3.8) is 0 Å². The summed E-state index contributed by atoms with van der Waals surface area (Å²) in [5, 5.41) is 26.1. The summed E-state index contributed by atoms with van der Waals surface area (Å²) in [5.41, 5.74) is 3.82. The third-order valence-corrected chi connectivity index (χ3v) is 6.64. The molecular formula is C28H23ClN6O4S. The lowest BCUT2D eigenvalue weighted by Gasteiger charge is -2.10. The number of aryl methyl sites for hydroxylation is 1.